The fourth-order valence-corrected chi connectivity index (χ4v) is 5.60. The summed E-state index contributed by atoms with van der Waals surface area (Å²) in [5.41, 5.74) is 7.13. The summed E-state index contributed by atoms with van der Waals surface area (Å²) in [6.45, 7) is 1.06. The molecule has 2 bridgehead atoms. The minimum atomic E-state index is -0.563. The Labute approximate surface area is 184 Å². The molecule has 4 rings (SSSR count). The summed E-state index contributed by atoms with van der Waals surface area (Å²) in [6, 6.07) is 4.16. The number of nitrogens with zero attached hydrogens (tertiary/aromatic N) is 3. The summed E-state index contributed by atoms with van der Waals surface area (Å²) >= 11 is 0. The molecular formula is C22H33ClN4O3. The summed E-state index contributed by atoms with van der Waals surface area (Å²) in [5, 5.41) is 0. The van der Waals surface area contributed by atoms with Crippen LogP contribution in [-0.2, 0) is 9.59 Å². The van der Waals surface area contributed by atoms with Crippen LogP contribution in [0.4, 0.5) is 0 Å². The van der Waals surface area contributed by atoms with Crippen molar-refractivity contribution in [3.05, 3.63) is 34.2 Å². The molecule has 166 valence electrons. The second kappa shape index (κ2) is 9.10. The number of pyridine rings is 1. The summed E-state index contributed by atoms with van der Waals surface area (Å²) in [7, 11) is 3.43. The van der Waals surface area contributed by atoms with Gasteiger partial charge < -0.3 is 15.5 Å². The van der Waals surface area contributed by atoms with Crippen LogP contribution in [0.3, 0.4) is 0 Å². The van der Waals surface area contributed by atoms with Crippen LogP contribution in [0, 0.1) is 11.8 Å². The van der Waals surface area contributed by atoms with E-state index in [1.54, 1.807) is 29.6 Å². The first-order chi connectivity index (χ1) is 13.9. The molecule has 3 aliphatic rings. The summed E-state index contributed by atoms with van der Waals surface area (Å²) in [5.74, 6) is 0.172. The minimum Gasteiger partial charge on any atom is -0.347 e. The Kier molecular flexibility index (Phi) is 6.92. The molecule has 0 unspecified atom stereocenters. The number of carbonyl (C=O) groups is 2. The van der Waals surface area contributed by atoms with Gasteiger partial charge in [0.05, 0.1) is 6.04 Å². The average molecular weight is 437 g/mol. The van der Waals surface area contributed by atoms with Crippen molar-refractivity contribution in [2.45, 2.75) is 56.5 Å². The lowest BCUT2D eigenvalue weighted by atomic mass is 9.77. The lowest BCUT2D eigenvalue weighted by molar-refractivity contribution is -0.142. The number of fused-ring (bicyclic) bond motifs is 4. The first kappa shape index (κ1) is 22.8. The largest absolute Gasteiger partial charge is 0.347 e. The van der Waals surface area contributed by atoms with Crippen LogP contribution in [0.2, 0.25) is 0 Å². The number of carbonyl (C=O) groups excluding carboxylic acids is 2. The van der Waals surface area contributed by atoms with Gasteiger partial charge in [-0.15, -0.1) is 12.4 Å². The molecule has 4 atom stereocenters. The van der Waals surface area contributed by atoms with E-state index in [4.69, 9.17) is 5.73 Å². The highest BCUT2D eigenvalue weighted by molar-refractivity contribution is 5.85. The summed E-state index contributed by atoms with van der Waals surface area (Å²) in [4.78, 5) is 42.3. The predicted octanol–water partition coefficient (Wildman–Crippen LogP) is 1.75. The van der Waals surface area contributed by atoms with Crippen molar-refractivity contribution < 1.29 is 9.59 Å². The third kappa shape index (κ3) is 4.02. The molecule has 30 heavy (non-hydrogen) atoms. The van der Waals surface area contributed by atoms with Gasteiger partial charge in [0.15, 0.2) is 0 Å². The number of nitrogens with two attached hydrogens (primary N) is 1. The highest BCUT2D eigenvalue weighted by Gasteiger charge is 2.46. The SMILES string of the molecule is CN(C)C(=O)[C@H]1[C@H]2C[C@H](CN(C(=O)[C@@H](N)C3CCCCC3)C2)c2cccc(=O)n21.Cl. The Hall–Kier alpha value is -1.86. The fraction of sp³-hybridized carbons (Fsp3) is 0.682. The normalized spacial score (nSPS) is 26.9. The Morgan fingerprint density at radius 3 is 2.50 bits per heavy atom. The number of hydrogen-bond acceptors (Lipinski definition) is 4. The number of likely N-dealkylation sites (tertiary alicyclic amines) is 1. The molecule has 7 nitrogen and oxygen atoms in total. The van der Waals surface area contributed by atoms with Gasteiger partial charge in [0.1, 0.15) is 6.04 Å². The molecule has 1 saturated carbocycles. The van der Waals surface area contributed by atoms with E-state index in [2.05, 4.69) is 0 Å². The van der Waals surface area contributed by atoms with Gasteiger partial charge in [-0.3, -0.25) is 19.0 Å². The maximum Gasteiger partial charge on any atom is 0.251 e. The molecule has 1 saturated heterocycles. The third-order valence-electron chi connectivity index (χ3n) is 7.10. The second-order valence-electron chi connectivity index (χ2n) is 9.20. The lowest BCUT2D eigenvalue weighted by Gasteiger charge is -2.47. The zero-order valence-electron chi connectivity index (χ0n) is 17.8. The minimum absolute atomic E-state index is 0. The maximum absolute atomic E-state index is 13.3. The van der Waals surface area contributed by atoms with Crippen LogP contribution >= 0.6 is 12.4 Å². The maximum atomic E-state index is 13.3. The zero-order valence-corrected chi connectivity index (χ0v) is 18.6. The quantitative estimate of drug-likeness (QED) is 0.781. The van der Waals surface area contributed by atoms with E-state index in [0.717, 1.165) is 37.8 Å². The van der Waals surface area contributed by atoms with Crippen molar-refractivity contribution in [2.24, 2.45) is 17.6 Å². The topological polar surface area (TPSA) is 88.6 Å². The third-order valence-corrected chi connectivity index (χ3v) is 7.10. The summed E-state index contributed by atoms with van der Waals surface area (Å²) in [6.07, 6.45) is 6.38. The average Bonchev–Trinajstić information content (AvgIpc) is 2.73. The van der Waals surface area contributed by atoms with Gasteiger partial charge in [0, 0.05) is 50.8 Å². The number of aromatic nitrogens is 1. The first-order valence-corrected chi connectivity index (χ1v) is 10.9. The molecular weight excluding hydrogens is 404 g/mol. The van der Waals surface area contributed by atoms with Crippen LogP contribution < -0.4 is 11.3 Å². The molecule has 1 aliphatic carbocycles. The monoisotopic (exact) mass is 436 g/mol. The Bertz CT molecular complexity index is 849. The van der Waals surface area contributed by atoms with Gasteiger partial charge >= 0.3 is 0 Å². The Morgan fingerprint density at radius 1 is 1.13 bits per heavy atom. The molecule has 0 radical (unpaired) electrons. The van der Waals surface area contributed by atoms with Gasteiger partial charge in [-0.1, -0.05) is 25.3 Å². The number of hydrogen-bond donors (Lipinski definition) is 1. The molecule has 0 spiro atoms. The van der Waals surface area contributed by atoms with Gasteiger partial charge in [0.25, 0.3) is 5.56 Å². The second-order valence-corrected chi connectivity index (χ2v) is 9.20. The highest BCUT2D eigenvalue weighted by Crippen LogP contribution is 2.42. The van der Waals surface area contributed by atoms with E-state index in [-0.39, 0.29) is 47.5 Å². The van der Waals surface area contributed by atoms with E-state index in [9.17, 15) is 14.4 Å². The molecule has 2 amide bonds. The standard InChI is InChI=1S/C22H32N4O3.ClH/c1-24(2)22(29)20-16-11-15(17-9-6-10-18(27)26(17)20)12-25(13-16)21(28)19(23)14-7-4-3-5-8-14;/h6,9-10,14-16,19-20H,3-5,7-8,11-13,23H2,1-2H3;1H/t15-,16+,19+,20-;/m1./s1. The number of amides is 2. The van der Waals surface area contributed by atoms with Crippen LogP contribution in [0.15, 0.2) is 23.0 Å². The molecule has 2 fully saturated rings. The van der Waals surface area contributed by atoms with E-state index >= 15 is 0 Å². The van der Waals surface area contributed by atoms with Crippen molar-refractivity contribution in [3.8, 4) is 0 Å². The number of rotatable bonds is 3. The number of likely N-dealkylation sites (N-methyl/N-ethyl adjacent to an activating group) is 1. The van der Waals surface area contributed by atoms with Crippen molar-refractivity contribution in [2.75, 3.05) is 27.2 Å². The van der Waals surface area contributed by atoms with E-state index in [1.165, 1.54) is 12.5 Å². The van der Waals surface area contributed by atoms with Crippen LogP contribution in [-0.4, -0.2) is 59.4 Å². The highest BCUT2D eigenvalue weighted by atomic mass is 35.5. The smallest absolute Gasteiger partial charge is 0.251 e. The predicted molar refractivity (Wildman–Crippen MR) is 118 cm³/mol. The van der Waals surface area contributed by atoms with Crippen molar-refractivity contribution in [3.63, 3.8) is 0 Å². The molecule has 0 aromatic carbocycles. The summed E-state index contributed by atoms with van der Waals surface area (Å²) < 4.78 is 1.67. The van der Waals surface area contributed by atoms with Gasteiger partial charge in [0.2, 0.25) is 11.8 Å². The van der Waals surface area contributed by atoms with Crippen LogP contribution in [0.25, 0.3) is 0 Å². The lowest BCUT2D eigenvalue weighted by Crippen LogP contribution is -2.57. The van der Waals surface area contributed by atoms with Gasteiger partial charge in [-0.2, -0.15) is 0 Å². The molecule has 2 aliphatic heterocycles. The molecule has 3 heterocycles. The molecule has 2 N–H and O–H groups in total. The molecule has 1 aromatic heterocycles. The number of halogens is 1. The Morgan fingerprint density at radius 2 is 1.83 bits per heavy atom. The van der Waals surface area contributed by atoms with Crippen LogP contribution in [0.5, 0.6) is 0 Å². The fourth-order valence-electron chi connectivity index (χ4n) is 5.60. The van der Waals surface area contributed by atoms with Crippen molar-refractivity contribution in [1.29, 1.82) is 0 Å². The molecule has 8 heteroatoms. The molecule has 1 aromatic rings. The van der Waals surface area contributed by atoms with Crippen LogP contribution in [0.1, 0.15) is 56.2 Å². The first-order valence-electron chi connectivity index (χ1n) is 10.9. The number of piperidine rings is 1. The van der Waals surface area contributed by atoms with E-state index in [0.29, 0.717) is 13.1 Å². The van der Waals surface area contributed by atoms with Gasteiger partial charge in [-0.25, -0.2) is 0 Å². The van der Waals surface area contributed by atoms with Crippen molar-refractivity contribution in [1.82, 2.24) is 14.4 Å². The van der Waals surface area contributed by atoms with Crippen molar-refractivity contribution >= 4 is 24.2 Å². The van der Waals surface area contributed by atoms with E-state index in [1.807, 2.05) is 11.0 Å². The Balaban J connectivity index is 0.00000256. The zero-order chi connectivity index (χ0) is 20.7. The van der Waals surface area contributed by atoms with E-state index < -0.39 is 12.1 Å². The van der Waals surface area contributed by atoms with Gasteiger partial charge in [-0.05, 0) is 31.2 Å².